The van der Waals surface area contributed by atoms with Gasteiger partial charge in [-0.1, -0.05) is 17.7 Å². The van der Waals surface area contributed by atoms with Gasteiger partial charge in [0.05, 0.1) is 6.42 Å². The van der Waals surface area contributed by atoms with E-state index in [4.69, 9.17) is 10.8 Å². The van der Waals surface area contributed by atoms with Crippen LogP contribution in [0.3, 0.4) is 0 Å². The minimum atomic E-state index is -0.851. The number of rotatable bonds is 4. The van der Waals surface area contributed by atoms with Crippen LogP contribution in [0.2, 0.25) is 0 Å². The summed E-state index contributed by atoms with van der Waals surface area (Å²) in [7, 11) is 0. The lowest BCUT2D eigenvalue weighted by atomic mass is 9.99. The van der Waals surface area contributed by atoms with E-state index in [-0.39, 0.29) is 6.42 Å². The Kier molecular flexibility index (Phi) is 3.87. The second-order valence-corrected chi connectivity index (χ2v) is 4.96. The maximum absolute atomic E-state index is 10.8. The van der Waals surface area contributed by atoms with Gasteiger partial charge in [0.15, 0.2) is 0 Å². The van der Waals surface area contributed by atoms with Crippen molar-refractivity contribution in [3.63, 3.8) is 0 Å². The van der Waals surface area contributed by atoms with Crippen LogP contribution in [0.1, 0.15) is 36.4 Å². The Labute approximate surface area is 107 Å². The summed E-state index contributed by atoms with van der Waals surface area (Å²) < 4.78 is 0. The second kappa shape index (κ2) is 5.40. The number of benzene rings is 1. The van der Waals surface area contributed by atoms with Gasteiger partial charge in [-0.3, -0.25) is 4.79 Å². The van der Waals surface area contributed by atoms with Crippen molar-refractivity contribution < 1.29 is 9.90 Å². The van der Waals surface area contributed by atoms with E-state index in [0.717, 1.165) is 29.9 Å². The summed E-state index contributed by atoms with van der Waals surface area (Å²) in [5.41, 5.74) is 9.21. The zero-order chi connectivity index (χ0) is 13.1. The highest BCUT2D eigenvalue weighted by molar-refractivity contribution is 5.69. The summed E-state index contributed by atoms with van der Waals surface area (Å²) in [4.78, 5) is 13.1. The topological polar surface area (TPSA) is 66.6 Å². The van der Waals surface area contributed by atoms with Gasteiger partial charge in [0.2, 0.25) is 0 Å². The predicted octanol–water partition coefficient (Wildman–Crippen LogP) is 2.07. The molecule has 0 amide bonds. The van der Waals surface area contributed by atoms with E-state index in [1.807, 2.05) is 13.0 Å². The highest BCUT2D eigenvalue weighted by atomic mass is 16.4. The molecule has 4 heteroatoms. The van der Waals surface area contributed by atoms with E-state index < -0.39 is 12.0 Å². The van der Waals surface area contributed by atoms with Gasteiger partial charge in [-0.25, -0.2) is 0 Å². The fourth-order valence-electron chi connectivity index (χ4n) is 2.52. The quantitative estimate of drug-likeness (QED) is 0.856. The summed E-state index contributed by atoms with van der Waals surface area (Å²) in [6.07, 6.45) is 2.37. The zero-order valence-electron chi connectivity index (χ0n) is 10.7. The smallest absolute Gasteiger partial charge is 0.305 e. The third-order valence-corrected chi connectivity index (χ3v) is 3.42. The number of aliphatic carboxylic acids is 1. The molecule has 2 rings (SSSR count). The standard InChI is InChI=1S/C14H20N2O2/c1-10-4-5-13(16-6-2-3-7-16)11(8-10)12(15)9-14(17)18/h4-5,8,12H,2-3,6-7,9,15H2,1H3,(H,17,18). The molecule has 1 fully saturated rings. The van der Waals surface area contributed by atoms with Crippen LogP contribution in [0.15, 0.2) is 18.2 Å². The average molecular weight is 248 g/mol. The Morgan fingerprint density at radius 3 is 2.72 bits per heavy atom. The van der Waals surface area contributed by atoms with Crippen molar-refractivity contribution in [3.8, 4) is 0 Å². The number of anilines is 1. The summed E-state index contributed by atoms with van der Waals surface area (Å²) in [6.45, 7) is 4.08. The first-order chi connectivity index (χ1) is 8.58. The predicted molar refractivity (Wildman–Crippen MR) is 71.8 cm³/mol. The maximum atomic E-state index is 10.8. The Hall–Kier alpha value is -1.55. The van der Waals surface area contributed by atoms with Crippen LogP contribution in [0.4, 0.5) is 5.69 Å². The molecule has 1 saturated heterocycles. The Morgan fingerprint density at radius 2 is 2.11 bits per heavy atom. The molecule has 1 aromatic carbocycles. The number of carboxylic acids is 1. The SMILES string of the molecule is Cc1ccc(N2CCCC2)c(C(N)CC(=O)O)c1. The highest BCUT2D eigenvalue weighted by Crippen LogP contribution is 2.30. The Balaban J connectivity index is 2.30. The molecule has 1 aliphatic heterocycles. The first-order valence-electron chi connectivity index (χ1n) is 6.41. The summed E-state index contributed by atoms with van der Waals surface area (Å²) in [5.74, 6) is -0.851. The number of aryl methyl sites for hydroxylation is 1. The molecule has 1 heterocycles. The highest BCUT2D eigenvalue weighted by Gasteiger charge is 2.20. The Bertz CT molecular complexity index is 439. The van der Waals surface area contributed by atoms with E-state index in [1.165, 1.54) is 12.8 Å². The van der Waals surface area contributed by atoms with Gasteiger partial charge in [-0.15, -0.1) is 0 Å². The number of hydrogen-bond acceptors (Lipinski definition) is 3. The van der Waals surface area contributed by atoms with Crippen LogP contribution >= 0.6 is 0 Å². The molecule has 1 unspecified atom stereocenters. The van der Waals surface area contributed by atoms with Gasteiger partial charge in [-0.2, -0.15) is 0 Å². The summed E-state index contributed by atoms with van der Waals surface area (Å²) in [6, 6.07) is 5.71. The van der Waals surface area contributed by atoms with Crippen molar-refractivity contribution in [3.05, 3.63) is 29.3 Å². The summed E-state index contributed by atoms with van der Waals surface area (Å²) >= 11 is 0. The van der Waals surface area contributed by atoms with Crippen molar-refractivity contribution in [1.29, 1.82) is 0 Å². The fraction of sp³-hybridized carbons (Fsp3) is 0.500. The molecule has 0 aliphatic carbocycles. The molecule has 1 aromatic rings. The third kappa shape index (κ3) is 2.82. The largest absolute Gasteiger partial charge is 0.481 e. The number of nitrogens with zero attached hydrogens (tertiary/aromatic N) is 1. The monoisotopic (exact) mass is 248 g/mol. The van der Waals surface area contributed by atoms with Crippen LogP contribution in [0.5, 0.6) is 0 Å². The van der Waals surface area contributed by atoms with Crippen LogP contribution in [0, 0.1) is 6.92 Å². The van der Waals surface area contributed by atoms with Crippen LogP contribution < -0.4 is 10.6 Å². The van der Waals surface area contributed by atoms with E-state index in [0.29, 0.717) is 0 Å². The normalized spacial score (nSPS) is 16.9. The maximum Gasteiger partial charge on any atom is 0.305 e. The molecule has 3 N–H and O–H groups in total. The van der Waals surface area contributed by atoms with E-state index in [2.05, 4.69) is 17.0 Å². The molecule has 1 atom stereocenters. The van der Waals surface area contributed by atoms with Crippen LogP contribution in [-0.4, -0.2) is 24.2 Å². The number of nitrogens with two attached hydrogens (primary N) is 1. The van der Waals surface area contributed by atoms with Crippen molar-refractivity contribution in [2.24, 2.45) is 5.73 Å². The zero-order valence-corrected chi connectivity index (χ0v) is 10.7. The van der Waals surface area contributed by atoms with Gasteiger partial charge in [-0.05, 0) is 31.4 Å². The number of hydrogen-bond donors (Lipinski definition) is 2. The second-order valence-electron chi connectivity index (χ2n) is 4.96. The van der Waals surface area contributed by atoms with Crippen molar-refractivity contribution >= 4 is 11.7 Å². The Morgan fingerprint density at radius 1 is 1.44 bits per heavy atom. The minimum Gasteiger partial charge on any atom is -0.481 e. The van der Waals surface area contributed by atoms with Gasteiger partial charge in [0.25, 0.3) is 0 Å². The minimum absolute atomic E-state index is 0.0235. The van der Waals surface area contributed by atoms with Gasteiger partial charge >= 0.3 is 5.97 Å². The molecule has 0 spiro atoms. The third-order valence-electron chi connectivity index (χ3n) is 3.42. The summed E-state index contributed by atoms with van der Waals surface area (Å²) in [5, 5.41) is 8.88. The molecule has 0 saturated carbocycles. The van der Waals surface area contributed by atoms with E-state index >= 15 is 0 Å². The van der Waals surface area contributed by atoms with Crippen LogP contribution in [0.25, 0.3) is 0 Å². The molecule has 1 aliphatic rings. The first kappa shape index (κ1) is 12.9. The lowest BCUT2D eigenvalue weighted by Gasteiger charge is -2.24. The molecule has 98 valence electrons. The molecule has 4 nitrogen and oxygen atoms in total. The molecular formula is C14H20N2O2. The van der Waals surface area contributed by atoms with Gasteiger partial charge in [0.1, 0.15) is 0 Å². The fourth-order valence-corrected chi connectivity index (χ4v) is 2.52. The van der Waals surface area contributed by atoms with Crippen molar-refractivity contribution in [2.75, 3.05) is 18.0 Å². The van der Waals surface area contributed by atoms with Crippen LogP contribution in [-0.2, 0) is 4.79 Å². The van der Waals surface area contributed by atoms with Crippen molar-refractivity contribution in [2.45, 2.75) is 32.2 Å². The molecule has 18 heavy (non-hydrogen) atoms. The average Bonchev–Trinajstić information content (AvgIpc) is 2.81. The first-order valence-corrected chi connectivity index (χ1v) is 6.41. The van der Waals surface area contributed by atoms with Gasteiger partial charge < -0.3 is 15.7 Å². The molecular weight excluding hydrogens is 228 g/mol. The number of carboxylic acid groups (broad SMARTS) is 1. The number of carbonyl (C=O) groups is 1. The lowest BCUT2D eigenvalue weighted by Crippen LogP contribution is -2.23. The molecule has 0 aromatic heterocycles. The van der Waals surface area contributed by atoms with E-state index in [9.17, 15) is 4.79 Å². The van der Waals surface area contributed by atoms with Crippen molar-refractivity contribution in [1.82, 2.24) is 0 Å². The molecule has 0 bridgehead atoms. The van der Waals surface area contributed by atoms with E-state index in [1.54, 1.807) is 0 Å². The lowest BCUT2D eigenvalue weighted by molar-refractivity contribution is -0.137. The van der Waals surface area contributed by atoms with Gasteiger partial charge in [0, 0.05) is 24.8 Å². The molecule has 0 radical (unpaired) electrons.